The predicted molar refractivity (Wildman–Crippen MR) is 140 cm³/mol. The minimum absolute atomic E-state index is 0. The number of ether oxygens (including phenoxy) is 1. The standard InChI is InChI=1S/C29H35NO3.ClH/c1-22(2)30(23(3)4)29(20-19-24-11-7-5-8-12-24,33-21-25-13-9-6-10-14-25)27-17-15-26(16-18-27)28(31)32;/h5-18,22-23H,19-21H2,1-4H3,(H,31,32);1H/t29-;/m1./s1. The second kappa shape index (κ2) is 12.7. The molecule has 3 aromatic carbocycles. The van der Waals surface area contributed by atoms with Crippen LogP contribution in [0.25, 0.3) is 0 Å². The molecule has 4 nitrogen and oxygen atoms in total. The van der Waals surface area contributed by atoms with E-state index in [9.17, 15) is 9.90 Å². The van der Waals surface area contributed by atoms with E-state index in [2.05, 4.69) is 69.0 Å². The highest BCUT2D eigenvalue weighted by atomic mass is 35.5. The number of nitrogens with zero attached hydrogens (tertiary/aromatic N) is 1. The molecule has 0 saturated heterocycles. The largest absolute Gasteiger partial charge is 0.478 e. The summed E-state index contributed by atoms with van der Waals surface area (Å²) in [7, 11) is 0. The van der Waals surface area contributed by atoms with Crippen LogP contribution in [0.15, 0.2) is 84.9 Å². The Labute approximate surface area is 210 Å². The topological polar surface area (TPSA) is 49.8 Å². The molecule has 1 atom stereocenters. The fourth-order valence-electron chi connectivity index (χ4n) is 4.69. The Bertz CT molecular complexity index is 953. The lowest BCUT2D eigenvalue weighted by atomic mass is 9.90. The first kappa shape index (κ1) is 27.6. The van der Waals surface area contributed by atoms with Crippen LogP contribution in [0.4, 0.5) is 0 Å². The molecule has 0 aromatic heterocycles. The summed E-state index contributed by atoms with van der Waals surface area (Å²) in [6.07, 6.45) is 1.58. The molecule has 5 heteroatoms. The monoisotopic (exact) mass is 481 g/mol. The van der Waals surface area contributed by atoms with Gasteiger partial charge in [-0.3, -0.25) is 4.90 Å². The summed E-state index contributed by atoms with van der Waals surface area (Å²) in [4.78, 5) is 13.9. The van der Waals surface area contributed by atoms with E-state index in [0.29, 0.717) is 6.61 Å². The van der Waals surface area contributed by atoms with Crippen molar-refractivity contribution in [1.29, 1.82) is 0 Å². The zero-order valence-electron chi connectivity index (χ0n) is 20.5. The molecule has 182 valence electrons. The van der Waals surface area contributed by atoms with Crippen molar-refractivity contribution in [2.75, 3.05) is 0 Å². The van der Waals surface area contributed by atoms with Crippen LogP contribution < -0.4 is 0 Å². The molecule has 3 rings (SSSR count). The number of carboxylic acids is 1. The Kier molecular flexibility index (Phi) is 10.3. The third-order valence-electron chi connectivity index (χ3n) is 6.03. The fourth-order valence-corrected chi connectivity index (χ4v) is 4.69. The first-order valence-corrected chi connectivity index (χ1v) is 11.7. The predicted octanol–water partition coefficient (Wildman–Crippen LogP) is 6.93. The molecule has 0 spiro atoms. The Morgan fingerprint density at radius 2 is 1.32 bits per heavy atom. The molecule has 0 bridgehead atoms. The average molecular weight is 482 g/mol. The summed E-state index contributed by atoms with van der Waals surface area (Å²) in [6, 6.07) is 28.3. The summed E-state index contributed by atoms with van der Waals surface area (Å²) < 4.78 is 6.89. The SMILES string of the molecule is CC(C)N(C(C)C)[C@](CCc1ccccc1)(OCc1ccccc1)c1ccc(C(=O)O)cc1.Cl. The van der Waals surface area contributed by atoms with Gasteiger partial charge in [0.05, 0.1) is 12.2 Å². The highest BCUT2D eigenvalue weighted by Crippen LogP contribution is 2.39. The first-order chi connectivity index (χ1) is 15.8. The lowest BCUT2D eigenvalue weighted by molar-refractivity contribution is -0.200. The summed E-state index contributed by atoms with van der Waals surface area (Å²) in [6.45, 7) is 9.22. The van der Waals surface area contributed by atoms with Crippen molar-refractivity contribution < 1.29 is 14.6 Å². The molecule has 0 aliphatic rings. The minimum atomic E-state index is -0.925. The first-order valence-electron chi connectivity index (χ1n) is 11.7. The second-order valence-corrected chi connectivity index (χ2v) is 9.02. The van der Waals surface area contributed by atoms with Crippen molar-refractivity contribution in [2.24, 2.45) is 0 Å². The van der Waals surface area contributed by atoms with E-state index in [4.69, 9.17) is 4.74 Å². The maximum atomic E-state index is 11.5. The van der Waals surface area contributed by atoms with Gasteiger partial charge in [-0.25, -0.2) is 4.79 Å². The van der Waals surface area contributed by atoms with Gasteiger partial charge in [0, 0.05) is 12.1 Å². The van der Waals surface area contributed by atoms with Gasteiger partial charge in [0.25, 0.3) is 0 Å². The molecule has 0 aliphatic carbocycles. The molecule has 3 aromatic rings. The number of aryl methyl sites for hydroxylation is 1. The summed E-state index contributed by atoms with van der Waals surface area (Å²) in [5, 5.41) is 9.43. The number of carboxylic acid groups (broad SMARTS) is 1. The Hall–Kier alpha value is -2.66. The van der Waals surface area contributed by atoms with Crippen molar-refractivity contribution in [1.82, 2.24) is 4.90 Å². The van der Waals surface area contributed by atoms with Crippen LogP contribution in [0.1, 0.15) is 61.2 Å². The molecular formula is C29H36ClNO3. The molecule has 0 fully saturated rings. The van der Waals surface area contributed by atoms with Crippen LogP contribution in [0.3, 0.4) is 0 Å². The molecule has 0 amide bonds. The van der Waals surface area contributed by atoms with Gasteiger partial charge in [-0.1, -0.05) is 72.8 Å². The van der Waals surface area contributed by atoms with Gasteiger partial charge in [0.1, 0.15) is 5.72 Å². The van der Waals surface area contributed by atoms with E-state index >= 15 is 0 Å². The number of aromatic carboxylic acids is 1. The van der Waals surface area contributed by atoms with Gasteiger partial charge in [0.15, 0.2) is 0 Å². The second-order valence-electron chi connectivity index (χ2n) is 9.02. The molecular weight excluding hydrogens is 446 g/mol. The van der Waals surface area contributed by atoms with E-state index in [1.54, 1.807) is 12.1 Å². The quantitative estimate of drug-likeness (QED) is 0.302. The van der Waals surface area contributed by atoms with E-state index in [0.717, 1.165) is 24.0 Å². The Balaban J connectivity index is 0.00000408. The van der Waals surface area contributed by atoms with Crippen molar-refractivity contribution in [2.45, 2.75) is 65.0 Å². The van der Waals surface area contributed by atoms with Crippen LogP contribution in [0.5, 0.6) is 0 Å². The van der Waals surface area contributed by atoms with Gasteiger partial charge >= 0.3 is 5.97 Å². The molecule has 34 heavy (non-hydrogen) atoms. The molecule has 0 radical (unpaired) electrons. The van der Waals surface area contributed by atoms with E-state index < -0.39 is 11.7 Å². The fraction of sp³-hybridized carbons (Fsp3) is 0.345. The van der Waals surface area contributed by atoms with E-state index in [1.165, 1.54) is 5.56 Å². The van der Waals surface area contributed by atoms with E-state index in [1.807, 2.05) is 36.4 Å². The molecule has 0 aliphatic heterocycles. The van der Waals surface area contributed by atoms with Crippen LogP contribution in [0.2, 0.25) is 0 Å². The van der Waals surface area contributed by atoms with Crippen LogP contribution in [-0.4, -0.2) is 28.1 Å². The van der Waals surface area contributed by atoms with Gasteiger partial charge in [-0.2, -0.15) is 0 Å². The maximum Gasteiger partial charge on any atom is 0.335 e. The third-order valence-corrected chi connectivity index (χ3v) is 6.03. The lowest BCUT2D eigenvalue weighted by Crippen LogP contribution is -2.55. The number of hydrogen-bond acceptors (Lipinski definition) is 3. The number of halogens is 1. The number of carbonyl (C=O) groups is 1. The number of benzene rings is 3. The van der Waals surface area contributed by atoms with Crippen LogP contribution >= 0.6 is 12.4 Å². The molecule has 0 heterocycles. The number of hydrogen-bond donors (Lipinski definition) is 1. The van der Waals surface area contributed by atoms with Crippen molar-refractivity contribution >= 4 is 18.4 Å². The Morgan fingerprint density at radius 3 is 1.79 bits per heavy atom. The molecule has 0 unspecified atom stereocenters. The third kappa shape index (κ3) is 6.69. The summed E-state index contributed by atoms with van der Waals surface area (Å²) in [5.41, 5.74) is 2.89. The average Bonchev–Trinajstić information content (AvgIpc) is 2.81. The van der Waals surface area contributed by atoms with Crippen molar-refractivity contribution in [3.8, 4) is 0 Å². The van der Waals surface area contributed by atoms with Crippen molar-refractivity contribution in [3.63, 3.8) is 0 Å². The van der Waals surface area contributed by atoms with Crippen LogP contribution in [0, 0.1) is 0 Å². The normalized spacial score (nSPS) is 13.0. The smallest absolute Gasteiger partial charge is 0.335 e. The zero-order chi connectivity index (χ0) is 23.8. The van der Waals surface area contributed by atoms with Gasteiger partial charge < -0.3 is 9.84 Å². The highest BCUT2D eigenvalue weighted by molar-refractivity contribution is 5.87. The van der Waals surface area contributed by atoms with Gasteiger partial charge in [-0.05, 0) is 69.4 Å². The lowest BCUT2D eigenvalue weighted by Gasteiger charge is -2.49. The minimum Gasteiger partial charge on any atom is -0.478 e. The molecule has 0 saturated carbocycles. The van der Waals surface area contributed by atoms with Gasteiger partial charge in [0.2, 0.25) is 0 Å². The van der Waals surface area contributed by atoms with Gasteiger partial charge in [-0.15, -0.1) is 12.4 Å². The molecule has 1 N–H and O–H groups in total. The number of rotatable bonds is 11. The Morgan fingerprint density at radius 1 is 0.824 bits per heavy atom. The maximum absolute atomic E-state index is 11.5. The summed E-state index contributed by atoms with van der Waals surface area (Å²) in [5.74, 6) is -0.925. The highest BCUT2D eigenvalue weighted by Gasteiger charge is 2.42. The van der Waals surface area contributed by atoms with Crippen LogP contribution in [-0.2, 0) is 23.5 Å². The van der Waals surface area contributed by atoms with Crippen molar-refractivity contribution in [3.05, 3.63) is 107 Å². The zero-order valence-corrected chi connectivity index (χ0v) is 21.3. The summed E-state index contributed by atoms with van der Waals surface area (Å²) >= 11 is 0. The van der Waals surface area contributed by atoms with E-state index in [-0.39, 0.29) is 30.1 Å².